The molecule has 5 nitrogen and oxygen atoms in total. The number of thiophene rings is 1. The van der Waals surface area contributed by atoms with Crippen LogP contribution in [0.15, 0.2) is 27.8 Å². The summed E-state index contributed by atoms with van der Waals surface area (Å²) in [6, 6.07) is 4.29. The van der Waals surface area contributed by atoms with Crippen LogP contribution in [0.2, 0.25) is 5.02 Å². The number of nitrogens with one attached hydrogen (secondary N) is 1. The van der Waals surface area contributed by atoms with E-state index in [9.17, 15) is 14.0 Å². The highest BCUT2D eigenvalue weighted by Gasteiger charge is 2.16. The Balaban J connectivity index is 2.28. The van der Waals surface area contributed by atoms with E-state index in [1.807, 2.05) is 0 Å². The quantitative estimate of drug-likeness (QED) is 0.785. The third kappa shape index (κ3) is 2.55. The number of methoxy groups -OCH3 is 1. The van der Waals surface area contributed by atoms with E-state index >= 15 is 0 Å². The zero-order valence-electron chi connectivity index (χ0n) is 12.3. The molecule has 0 amide bonds. The molecule has 1 N–H and O–H groups in total. The number of rotatable bonds is 3. The van der Waals surface area contributed by atoms with Crippen molar-refractivity contribution in [2.24, 2.45) is 0 Å². The summed E-state index contributed by atoms with van der Waals surface area (Å²) in [5, 5.41) is 0.202. The van der Waals surface area contributed by atoms with Gasteiger partial charge in [0.05, 0.1) is 17.6 Å². The van der Waals surface area contributed by atoms with Crippen LogP contribution < -0.4 is 16.0 Å². The zero-order chi connectivity index (χ0) is 16.7. The molecule has 23 heavy (non-hydrogen) atoms. The van der Waals surface area contributed by atoms with Crippen molar-refractivity contribution in [3.05, 3.63) is 49.9 Å². The van der Waals surface area contributed by atoms with Crippen LogP contribution in [0.4, 0.5) is 4.39 Å². The Kier molecular flexibility index (Phi) is 3.99. The minimum absolute atomic E-state index is 0.0568. The number of H-pyrrole nitrogens is 1. The lowest BCUT2D eigenvalue weighted by atomic mass is 10.1. The number of fused-ring (bicyclic) bond motifs is 1. The van der Waals surface area contributed by atoms with Crippen LogP contribution >= 0.6 is 22.9 Å². The molecule has 0 atom stereocenters. The van der Waals surface area contributed by atoms with Gasteiger partial charge in [-0.25, -0.2) is 9.18 Å². The van der Waals surface area contributed by atoms with Crippen molar-refractivity contribution in [1.29, 1.82) is 0 Å². The minimum atomic E-state index is -0.566. The van der Waals surface area contributed by atoms with Gasteiger partial charge in [-0.15, -0.1) is 11.3 Å². The topological polar surface area (TPSA) is 64.1 Å². The molecule has 3 rings (SSSR count). The summed E-state index contributed by atoms with van der Waals surface area (Å²) >= 11 is 7.29. The highest BCUT2D eigenvalue weighted by atomic mass is 35.5. The smallest absolute Gasteiger partial charge is 0.328 e. The Morgan fingerprint density at radius 1 is 1.35 bits per heavy atom. The lowest BCUT2D eigenvalue weighted by molar-refractivity contribution is 0.387. The molecule has 1 aromatic carbocycles. The standard InChI is InChI=1S/C15H12ClFN2O3S/c1-3-19-14(20)13-10(18-15(19)21)6-12(23-13)7-4-11(22-2)9(17)5-8(7)16/h4-6H,3H2,1-2H3,(H,18,21). The van der Waals surface area contributed by atoms with Crippen LogP contribution in [-0.4, -0.2) is 16.7 Å². The van der Waals surface area contributed by atoms with E-state index in [1.54, 1.807) is 13.0 Å². The maximum atomic E-state index is 13.7. The molecular formula is C15H12ClFN2O3S. The van der Waals surface area contributed by atoms with Crippen molar-refractivity contribution >= 4 is 33.2 Å². The molecule has 2 aromatic heterocycles. The fraction of sp³-hybridized carbons (Fsp3) is 0.200. The van der Waals surface area contributed by atoms with Gasteiger partial charge in [0.2, 0.25) is 0 Å². The minimum Gasteiger partial charge on any atom is -0.494 e. The van der Waals surface area contributed by atoms with Crippen LogP contribution in [0, 0.1) is 5.82 Å². The van der Waals surface area contributed by atoms with Gasteiger partial charge in [-0.05, 0) is 25.1 Å². The van der Waals surface area contributed by atoms with Gasteiger partial charge >= 0.3 is 5.69 Å². The monoisotopic (exact) mass is 354 g/mol. The average Bonchev–Trinajstić information content (AvgIpc) is 2.91. The number of benzene rings is 1. The number of halogens is 2. The number of aromatic amines is 1. The fourth-order valence-corrected chi connectivity index (χ4v) is 3.74. The van der Waals surface area contributed by atoms with Crippen LogP contribution in [0.3, 0.4) is 0 Å². The first-order chi connectivity index (χ1) is 11.0. The lowest BCUT2D eigenvalue weighted by Gasteiger charge is -2.06. The second-order valence-corrected chi connectivity index (χ2v) is 6.26. The van der Waals surface area contributed by atoms with Crippen LogP contribution in [0.1, 0.15) is 6.92 Å². The number of aromatic nitrogens is 2. The predicted octanol–water partition coefficient (Wildman–Crippen LogP) is 3.24. The molecule has 0 unspecified atom stereocenters. The summed E-state index contributed by atoms with van der Waals surface area (Å²) < 4.78 is 20.2. The van der Waals surface area contributed by atoms with E-state index in [1.165, 1.54) is 24.5 Å². The van der Waals surface area contributed by atoms with Crippen molar-refractivity contribution < 1.29 is 9.13 Å². The van der Waals surface area contributed by atoms with Gasteiger partial charge in [0.25, 0.3) is 5.56 Å². The molecule has 0 fully saturated rings. The van der Waals surface area contributed by atoms with Gasteiger partial charge < -0.3 is 9.72 Å². The SMILES string of the molecule is CCn1c(=O)[nH]c2cc(-c3cc(OC)c(F)cc3Cl)sc2c1=O. The number of hydrogen-bond acceptors (Lipinski definition) is 4. The fourth-order valence-electron chi connectivity index (χ4n) is 2.33. The van der Waals surface area contributed by atoms with Crippen LogP contribution in [0.5, 0.6) is 5.75 Å². The summed E-state index contributed by atoms with van der Waals surface area (Å²) in [5.74, 6) is -0.509. The second kappa shape index (κ2) is 5.82. The molecule has 0 saturated heterocycles. The van der Waals surface area contributed by atoms with Crippen molar-refractivity contribution in [2.75, 3.05) is 7.11 Å². The van der Waals surface area contributed by atoms with Crippen molar-refractivity contribution in [3.63, 3.8) is 0 Å². The molecule has 0 aliphatic carbocycles. The Morgan fingerprint density at radius 3 is 2.74 bits per heavy atom. The van der Waals surface area contributed by atoms with Crippen molar-refractivity contribution in [2.45, 2.75) is 13.5 Å². The zero-order valence-corrected chi connectivity index (χ0v) is 13.8. The lowest BCUT2D eigenvalue weighted by Crippen LogP contribution is -2.33. The van der Waals surface area contributed by atoms with E-state index in [4.69, 9.17) is 16.3 Å². The van der Waals surface area contributed by atoms with E-state index in [0.717, 1.165) is 10.6 Å². The molecule has 0 spiro atoms. The Labute approximate surface area is 138 Å². The molecule has 8 heteroatoms. The first kappa shape index (κ1) is 15.8. The third-order valence-corrected chi connectivity index (χ3v) is 4.95. The van der Waals surface area contributed by atoms with E-state index in [-0.39, 0.29) is 22.9 Å². The van der Waals surface area contributed by atoms with Crippen LogP contribution in [0.25, 0.3) is 20.7 Å². The molecule has 0 radical (unpaired) electrons. The number of nitrogens with zero attached hydrogens (tertiary/aromatic N) is 1. The molecule has 0 saturated carbocycles. The van der Waals surface area contributed by atoms with Gasteiger partial charge in [-0.2, -0.15) is 0 Å². The van der Waals surface area contributed by atoms with Crippen LogP contribution in [-0.2, 0) is 6.54 Å². The largest absolute Gasteiger partial charge is 0.494 e. The average molecular weight is 355 g/mol. The first-order valence-electron chi connectivity index (χ1n) is 6.76. The summed E-state index contributed by atoms with van der Waals surface area (Å²) in [6.45, 7) is 2.00. The Morgan fingerprint density at radius 2 is 2.09 bits per heavy atom. The second-order valence-electron chi connectivity index (χ2n) is 4.80. The molecule has 3 aromatic rings. The summed E-state index contributed by atoms with van der Waals surface area (Å²) in [4.78, 5) is 27.5. The Bertz CT molecular complexity index is 1020. The maximum absolute atomic E-state index is 13.7. The normalized spacial score (nSPS) is 11.1. The van der Waals surface area contributed by atoms with E-state index < -0.39 is 11.5 Å². The van der Waals surface area contributed by atoms with Gasteiger partial charge in [0.1, 0.15) is 4.70 Å². The summed E-state index contributed by atoms with van der Waals surface area (Å²) in [5.41, 5.74) is 0.156. The molecule has 0 bridgehead atoms. The van der Waals surface area contributed by atoms with Crippen molar-refractivity contribution in [1.82, 2.24) is 9.55 Å². The summed E-state index contributed by atoms with van der Waals surface area (Å²) in [7, 11) is 1.36. The highest BCUT2D eigenvalue weighted by molar-refractivity contribution is 7.22. The van der Waals surface area contributed by atoms with Gasteiger partial charge in [0, 0.05) is 17.0 Å². The molecule has 0 aliphatic rings. The molecule has 2 heterocycles. The molecule has 0 aliphatic heterocycles. The number of hydrogen-bond donors (Lipinski definition) is 1. The molecular weight excluding hydrogens is 343 g/mol. The predicted molar refractivity (Wildman–Crippen MR) is 89.3 cm³/mol. The number of ether oxygens (including phenoxy) is 1. The van der Waals surface area contributed by atoms with Gasteiger partial charge in [0.15, 0.2) is 11.6 Å². The van der Waals surface area contributed by atoms with E-state index in [2.05, 4.69) is 4.98 Å². The first-order valence-corrected chi connectivity index (χ1v) is 7.95. The molecule has 120 valence electrons. The van der Waals surface area contributed by atoms with E-state index in [0.29, 0.717) is 20.7 Å². The Hall–Kier alpha value is -2.12. The van der Waals surface area contributed by atoms with Crippen molar-refractivity contribution in [3.8, 4) is 16.2 Å². The third-order valence-electron chi connectivity index (χ3n) is 3.48. The summed E-state index contributed by atoms with van der Waals surface area (Å²) in [6.07, 6.45) is 0. The maximum Gasteiger partial charge on any atom is 0.328 e. The van der Waals surface area contributed by atoms with Gasteiger partial charge in [-0.1, -0.05) is 11.6 Å². The highest BCUT2D eigenvalue weighted by Crippen LogP contribution is 2.38. The van der Waals surface area contributed by atoms with Gasteiger partial charge in [-0.3, -0.25) is 9.36 Å².